The number of hydrogen-bond acceptors (Lipinski definition) is 3. The molecule has 0 saturated heterocycles. The van der Waals surface area contributed by atoms with Crippen molar-refractivity contribution >= 4 is 35.1 Å². The van der Waals surface area contributed by atoms with E-state index in [1.54, 1.807) is 18.2 Å². The van der Waals surface area contributed by atoms with Gasteiger partial charge in [-0.05, 0) is 29.9 Å². The fraction of sp³-hybridized carbons (Fsp3) is 0.111. The van der Waals surface area contributed by atoms with Gasteiger partial charge in [0.2, 0.25) is 0 Å². The molecule has 0 aliphatic rings. The number of benzene rings is 1. The molecule has 0 aliphatic carbocycles. The lowest BCUT2D eigenvalue weighted by Crippen LogP contribution is -2.24. The maximum absolute atomic E-state index is 9.47. The Morgan fingerprint density at radius 3 is 3.00 bits per heavy atom. The maximum atomic E-state index is 9.47. The molecule has 1 rings (SSSR count). The van der Waals surface area contributed by atoms with Gasteiger partial charge in [-0.2, -0.15) is 5.10 Å². The number of aromatic hydroxyl groups is 1. The molecule has 1 aromatic carbocycles. The van der Waals surface area contributed by atoms with E-state index in [0.717, 1.165) is 5.56 Å². The van der Waals surface area contributed by atoms with E-state index in [2.05, 4.69) is 22.7 Å². The highest BCUT2D eigenvalue weighted by molar-refractivity contribution is 7.80. The van der Waals surface area contributed by atoms with Crippen molar-refractivity contribution in [2.45, 2.75) is 5.88 Å². The van der Waals surface area contributed by atoms with Crippen LogP contribution in [0.3, 0.4) is 0 Å². The van der Waals surface area contributed by atoms with Crippen molar-refractivity contribution in [3.8, 4) is 5.75 Å². The van der Waals surface area contributed by atoms with Crippen molar-refractivity contribution in [2.24, 2.45) is 10.8 Å². The minimum absolute atomic E-state index is 0.0687. The molecule has 80 valence electrons. The molecule has 0 amide bonds. The molecule has 0 radical (unpaired) electrons. The third-order valence-electron chi connectivity index (χ3n) is 1.62. The van der Waals surface area contributed by atoms with Crippen LogP contribution in [0.1, 0.15) is 11.1 Å². The van der Waals surface area contributed by atoms with Crippen LogP contribution in [-0.2, 0) is 5.88 Å². The molecule has 1 aromatic rings. The van der Waals surface area contributed by atoms with Crippen LogP contribution in [-0.4, -0.2) is 16.4 Å². The largest absolute Gasteiger partial charge is 0.507 e. The normalized spacial score (nSPS) is 10.5. The Labute approximate surface area is 97.7 Å². The Balaban J connectivity index is 2.83. The zero-order valence-electron chi connectivity index (χ0n) is 7.77. The lowest BCUT2D eigenvalue weighted by molar-refractivity contribution is 0.474. The Bertz CT molecular complexity index is 395. The highest BCUT2D eigenvalue weighted by atomic mass is 35.5. The standard InChI is InChI=1S/C9H10ClN3OS/c10-4-6-1-2-8(14)7(3-6)5-12-13-9(11)15/h1-3,5,14H,4H2,(H3,11,13,15). The third-order valence-corrected chi connectivity index (χ3v) is 2.02. The van der Waals surface area contributed by atoms with Crippen molar-refractivity contribution in [3.63, 3.8) is 0 Å². The van der Waals surface area contributed by atoms with Crippen molar-refractivity contribution in [1.82, 2.24) is 5.43 Å². The summed E-state index contributed by atoms with van der Waals surface area (Å²) in [4.78, 5) is 0. The second-order valence-corrected chi connectivity index (χ2v) is 3.47. The van der Waals surface area contributed by atoms with E-state index in [9.17, 15) is 5.11 Å². The van der Waals surface area contributed by atoms with Gasteiger partial charge in [0.15, 0.2) is 5.11 Å². The molecule has 0 unspecified atom stereocenters. The average Bonchev–Trinajstić information content (AvgIpc) is 2.20. The Morgan fingerprint density at radius 2 is 2.40 bits per heavy atom. The van der Waals surface area contributed by atoms with Crippen LogP contribution in [0.5, 0.6) is 5.75 Å². The van der Waals surface area contributed by atoms with E-state index in [0.29, 0.717) is 11.4 Å². The zero-order valence-corrected chi connectivity index (χ0v) is 9.35. The molecule has 0 fully saturated rings. The minimum atomic E-state index is 0.0687. The molecule has 0 heterocycles. The molecule has 0 saturated carbocycles. The highest BCUT2D eigenvalue weighted by Crippen LogP contribution is 2.17. The van der Waals surface area contributed by atoms with Crippen LogP contribution in [0.15, 0.2) is 23.3 Å². The van der Waals surface area contributed by atoms with Gasteiger partial charge < -0.3 is 10.8 Å². The summed E-state index contributed by atoms with van der Waals surface area (Å²) in [5.41, 5.74) is 9.01. The summed E-state index contributed by atoms with van der Waals surface area (Å²) >= 11 is 10.2. The van der Waals surface area contributed by atoms with E-state index in [1.165, 1.54) is 6.21 Å². The molecular formula is C9H10ClN3OS. The van der Waals surface area contributed by atoms with Crippen LogP contribution in [0, 0.1) is 0 Å². The molecule has 0 bridgehead atoms. The summed E-state index contributed by atoms with van der Waals surface area (Å²) < 4.78 is 0. The smallest absolute Gasteiger partial charge is 0.184 e. The molecule has 6 heteroatoms. The summed E-state index contributed by atoms with van der Waals surface area (Å²) in [6, 6.07) is 5.02. The first-order valence-electron chi connectivity index (χ1n) is 4.10. The number of rotatable bonds is 3. The number of nitrogens with two attached hydrogens (primary N) is 1. The number of hydrazone groups is 1. The maximum Gasteiger partial charge on any atom is 0.184 e. The van der Waals surface area contributed by atoms with Crippen LogP contribution in [0.4, 0.5) is 0 Å². The van der Waals surface area contributed by atoms with Gasteiger partial charge >= 0.3 is 0 Å². The average molecular weight is 244 g/mol. The summed E-state index contributed by atoms with van der Waals surface area (Å²) in [6.07, 6.45) is 1.42. The van der Waals surface area contributed by atoms with Crippen molar-refractivity contribution in [3.05, 3.63) is 29.3 Å². The lowest BCUT2D eigenvalue weighted by Gasteiger charge is -2.01. The minimum Gasteiger partial charge on any atom is -0.507 e. The van der Waals surface area contributed by atoms with E-state index in [4.69, 9.17) is 17.3 Å². The topological polar surface area (TPSA) is 70.6 Å². The fourth-order valence-electron chi connectivity index (χ4n) is 0.956. The molecule has 0 spiro atoms. The molecule has 4 nitrogen and oxygen atoms in total. The number of phenols is 1. The molecule has 0 aliphatic heterocycles. The molecule has 15 heavy (non-hydrogen) atoms. The fourth-order valence-corrected chi connectivity index (χ4v) is 1.17. The third kappa shape index (κ3) is 3.73. The first-order chi connectivity index (χ1) is 7.13. The summed E-state index contributed by atoms with van der Waals surface area (Å²) in [5.74, 6) is 0.501. The number of alkyl halides is 1. The number of thiocarbonyl (C=S) groups is 1. The van der Waals surface area contributed by atoms with Gasteiger partial charge in [0.25, 0.3) is 0 Å². The van der Waals surface area contributed by atoms with Crippen molar-refractivity contribution in [2.75, 3.05) is 0 Å². The van der Waals surface area contributed by atoms with Gasteiger partial charge in [0.1, 0.15) is 5.75 Å². The van der Waals surface area contributed by atoms with Crippen LogP contribution in [0.25, 0.3) is 0 Å². The van der Waals surface area contributed by atoms with E-state index < -0.39 is 0 Å². The quantitative estimate of drug-likeness (QED) is 0.324. The van der Waals surface area contributed by atoms with E-state index in [-0.39, 0.29) is 10.9 Å². The number of phenolic OH excluding ortho intramolecular Hbond substituents is 1. The van der Waals surface area contributed by atoms with E-state index >= 15 is 0 Å². The first-order valence-corrected chi connectivity index (χ1v) is 5.04. The summed E-state index contributed by atoms with van der Waals surface area (Å²) in [5, 5.41) is 13.3. The Hall–Kier alpha value is -1.33. The zero-order chi connectivity index (χ0) is 11.3. The van der Waals surface area contributed by atoms with Crippen molar-refractivity contribution < 1.29 is 5.11 Å². The predicted molar refractivity (Wildman–Crippen MR) is 65.2 cm³/mol. The second kappa shape index (κ2) is 5.53. The van der Waals surface area contributed by atoms with E-state index in [1.807, 2.05) is 0 Å². The highest BCUT2D eigenvalue weighted by Gasteiger charge is 1.99. The van der Waals surface area contributed by atoms with Crippen LogP contribution >= 0.6 is 23.8 Å². The molecular weight excluding hydrogens is 234 g/mol. The number of hydrogen-bond donors (Lipinski definition) is 3. The summed E-state index contributed by atoms with van der Waals surface area (Å²) in [6.45, 7) is 0. The number of nitrogens with one attached hydrogen (secondary N) is 1. The van der Waals surface area contributed by atoms with Gasteiger partial charge in [-0.1, -0.05) is 6.07 Å². The van der Waals surface area contributed by atoms with Gasteiger partial charge in [0, 0.05) is 11.4 Å². The van der Waals surface area contributed by atoms with Gasteiger partial charge in [-0.3, -0.25) is 5.43 Å². The monoisotopic (exact) mass is 243 g/mol. The number of nitrogens with zero attached hydrogens (tertiary/aromatic N) is 1. The Kier molecular flexibility index (Phi) is 4.33. The van der Waals surface area contributed by atoms with Crippen LogP contribution in [0.2, 0.25) is 0 Å². The molecule has 4 N–H and O–H groups in total. The number of halogens is 1. The SMILES string of the molecule is NC(=S)NN=Cc1cc(CCl)ccc1O. The molecule has 0 aromatic heterocycles. The first kappa shape index (κ1) is 11.7. The second-order valence-electron chi connectivity index (χ2n) is 2.76. The van der Waals surface area contributed by atoms with Gasteiger partial charge in [0.05, 0.1) is 6.21 Å². The Morgan fingerprint density at radius 1 is 1.67 bits per heavy atom. The molecule has 0 atom stereocenters. The van der Waals surface area contributed by atoms with Crippen molar-refractivity contribution in [1.29, 1.82) is 0 Å². The van der Waals surface area contributed by atoms with Gasteiger partial charge in [-0.25, -0.2) is 0 Å². The van der Waals surface area contributed by atoms with Crippen LogP contribution < -0.4 is 11.2 Å². The van der Waals surface area contributed by atoms with Gasteiger partial charge in [-0.15, -0.1) is 11.6 Å². The lowest BCUT2D eigenvalue weighted by atomic mass is 10.1. The summed E-state index contributed by atoms with van der Waals surface area (Å²) in [7, 11) is 0. The predicted octanol–water partition coefficient (Wildman–Crippen LogP) is 1.30.